The Morgan fingerprint density at radius 3 is 2.10 bits per heavy atom. The number of carbonyl (C=O) groups excluding carboxylic acids is 4. The van der Waals surface area contributed by atoms with Gasteiger partial charge in [-0.05, 0) is 93.8 Å². The molecule has 0 spiro atoms. The van der Waals surface area contributed by atoms with Crippen LogP contribution in [0.4, 0.5) is 0 Å². The molecule has 1 aliphatic rings. The smallest absolute Gasteiger partial charge is 0.340 e. The molecular formula is C40H51NO10. The fraction of sp³-hybridized carbons (Fsp3) is 0.525. The largest absolute Gasteiger partial charge is 0.469 e. The Bertz CT molecular complexity index is 1680. The molecule has 1 saturated heterocycles. The minimum Gasteiger partial charge on any atom is -0.469 e. The summed E-state index contributed by atoms with van der Waals surface area (Å²) in [6.45, 7) is 9.04. The summed E-state index contributed by atoms with van der Waals surface area (Å²) >= 11 is 0. The molecule has 0 aromatic heterocycles. The van der Waals surface area contributed by atoms with Crippen molar-refractivity contribution < 1.29 is 48.1 Å². The van der Waals surface area contributed by atoms with Crippen LogP contribution in [0.15, 0.2) is 59.8 Å². The van der Waals surface area contributed by atoms with Crippen LogP contribution in [0, 0.1) is 22.2 Å². The summed E-state index contributed by atoms with van der Waals surface area (Å²) in [7, 11) is 1.29. The van der Waals surface area contributed by atoms with Crippen molar-refractivity contribution in [3.63, 3.8) is 0 Å². The standard InChI is InChI=1S/C40H51NO10/c1-7-39(4,36(45)47-6)26-40(5,37(46)50-25-30-24-49-30)22-29(34(43)48-19-13-12-18-42)21-38(2,3)35(44)51-41-23-33-31-16-10-8-14-27(31)20-28-15-9-11-17-32(28)33/h8-11,14-17,20,23,29-30,42H,7,12-13,18-19,21-22,24-26H2,1-6H3. The van der Waals surface area contributed by atoms with E-state index in [1.54, 1.807) is 27.7 Å². The van der Waals surface area contributed by atoms with Gasteiger partial charge < -0.3 is 28.9 Å². The summed E-state index contributed by atoms with van der Waals surface area (Å²) < 4.78 is 21.6. The van der Waals surface area contributed by atoms with Crippen LogP contribution in [-0.2, 0) is 43.0 Å². The van der Waals surface area contributed by atoms with E-state index in [2.05, 4.69) is 11.2 Å². The number of methoxy groups -OCH3 is 1. The van der Waals surface area contributed by atoms with Gasteiger partial charge in [0, 0.05) is 12.2 Å². The Hall–Kier alpha value is -4.35. The van der Waals surface area contributed by atoms with Gasteiger partial charge in [0.1, 0.15) is 12.7 Å². The minimum atomic E-state index is -1.35. The molecule has 1 aliphatic heterocycles. The van der Waals surface area contributed by atoms with Crippen LogP contribution >= 0.6 is 0 Å². The second kappa shape index (κ2) is 17.2. The van der Waals surface area contributed by atoms with Gasteiger partial charge in [0.05, 0.1) is 48.7 Å². The van der Waals surface area contributed by atoms with Gasteiger partial charge in [-0.15, -0.1) is 0 Å². The first-order valence-electron chi connectivity index (χ1n) is 17.6. The lowest BCUT2D eigenvalue weighted by atomic mass is 9.66. The van der Waals surface area contributed by atoms with Crippen LogP contribution < -0.4 is 0 Å². The van der Waals surface area contributed by atoms with E-state index in [0.717, 1.165) is 27.1 Å². The number of hydrogen-bond acceptors (Lipinski definition) is 11. The van der Waals surface area contributed by atoms with Crippen molar-refractivity contribution >= 4 is 51.6 Å². The maximum absolute atomic E-state index is 13.8. The highest BCUT2D eigenvalue weighted by Gasteiger charge is 2.49. The van der Waals surface area contributed by atoms with Crippen LogP contribution in [0.25, 0.3) is 21.5 Å². The van der Waals surface area contributed by atoms with Gasteiger partial charge in [-0.3, -0.25) is 14.4 Å². The van der Waals surface area contributed by atoms with Crippen LogP contribution in [0.2, 0.25) is 0 Å². The molecule has 0 saturated carbocycles. The van der Waals surface area contributed by atoms with E-state index in [4.69, 9.17) is 23.8 Å². The van der Waals surface area contributed by atoms with E-state index in [1.165, 1.54) is 13.3 Å². The number of rotatable bonds is 19. The van der Waals surface area contributed by atoms with E-state index < -0.39 is 46.0 Å². The second-order valence-electron chi connectivity index (χ2n) is 14.6. The summed E-state index contributed by atoms with van der Waals surface area (Å²) in [5.41, 5.74) is -2.87. The lowest BCUT2D eigenvalue weighted by molar-refractivity contribution is -0.166. The van der Waals surface area contributed by atoms with Gasteiger partial charge in [0.15, 0.2) is 0 Å². The van der Waals surface area contributed by atoms with Crippen molar-refractivity contribution in [1.29, 1.82) is 0 Å². The van der Waals surface area contributed by atoms with Gasteiger partial charge in [0.2, 0.25) is 0 Å². The van der Waals surface area contributed by atoms with E-state index >= 15 is 0 Å². The van der Waals surface area contributed by atoms with Crippen molar-refractivity contribution in [3.8, 4) is 0 Å². The number of aliphatic hydroxyl groups is 1. The molecule has 0 amide bonds. The Morgan fingerprint density at radius 2 is 1.53 bits per heavy atom. The van der Waals surface area contributed by atoms with E-state index in [0.29, 0.717) is 25.9 Å². The number of epoxide rings is 1. The fourth-order valence-corrected chi connectivity index (χ4v) is 6.61. The summed E-state index contributed by atoms with van der Waals surface area (Å²) in [6.07, 6.45) is 2.49. The summed E-state index contributed by atoms with van der Waals surface area (Å²) in [6, 6.07) is 17.9. The average Bonchev–Trinajstić information content (AvgIpc) is 3.95. The predicted octanol–water partition coefficient (Wildman–Crippen LogP) is 6.54. The third-order valence-electron chi connectivity index (χ3n) is 9.80. The van der Waals surface area contributed by atoms with Crippen LogP contribution in [0.1, 0.15) is 78.7 Å². The van der Waals surface area contributed by atoms with Crippen molar-refractivity contribution in [2.24, 2.45) is 27.3 Å². The van der Waals surface area contributed by atoms with Crippen molar-refractivity contribution in [1.82, 2.24) is 0 Å². The molecule has 3 aromatic rings. The molecule has 0 aliphatic carbocycles. The first-order chi connectivity index (χ1) is 24.3. The van der Waals surface area contributed by atoms with Gasteiger partial charge in [-0.2, -0.15) is 0 Å². The van der Waals surface area contributed by atoms with Crippen LogP contribution in [-0.4, -0.2) is 74.8 Å². The molecular weight excluding hydrogens is 654 g/mol. The molecule has 1 heterocycles. The summed E-state index contributed by atoms with van der Waals surface area (Å²) in [5.74, 6) is -3.34. The quantitative estimate of drug-likeness (QED) is 0.0213. The first kappa shape index (κ1) is 39.4. The third kappa shape index (κ3) is 10.1. The third-order valence-corrected chi connectivity index (χ3v) is 9.80. The number of benzene rings is 3. The summed E-state index contributed by atoms with van der Waals surface area (Å²) in [5, 5.41) is 17.3. The number of fused-ring (bicyclic) bond motifs is 2. The van der Waals surface area contributed by atoms with Crippen molar-refractivity contribution in [3.05, 3.63) is 60.2 Å². The zero-order chi connectivity index (χ0) is 37.2. The van der Waals surface area contributed by atoms with Crippen LogP contribution in [0.3, 0.4) is 0 Å². The maximum atomic E-state index is 13.8. The molecule has 1 fully saturated rings. The maximum Gasteiger partial charge on any atom is 0.340 e. The molecule has 4 rings (SSSR count). The molecule has 11 nitrogen and oxygen atoms in total. The number of ether oxygens (including phenoxy) is 4. The number of hydrogen-bond donors (Lipinski definition) is 1. The topological polar surface area (TPSA) is 150 Å². The van der Waals surface area contributed by atoms with Gasteiger partial charge in [0.25, 0.3) is 0 Å². The number of nitrogens with zero attached hydrogens (tertiary/aromatic N) is 1. The molecule has 4 atom stereocenters. The van der Waals surface area contributed by atoms with Gasteiger partial charge >= 0.3 is 23.9 Å². The fourth-order valence-electron chi connectivity index (χ4n) is 6.61. The summed E-state index contributed by atoms with van der Waals surface area (Å²) in [4.78, 5) is 59.6. The molecule has 1 N–H and O–H groups in total. The zero-order valence-corrected chi connectivity index (χ0v) is 30.6. The van der Waals surface area contributed by atoms with Crippen LogP contribution in [0.5, 0.6) is 0 Å². The first-order valence-corrected chi connectivity index (χ1v) is 17.6. The highest BCUT2D eigenvalue weighted by Crippen LogP contribution is 2.45. The molecule has 11 heteroatoms. The minimum absolute atomic E-state index is 0.0238. The molecule has 51 heavy (non-hydrogen) atoms. The van der Waals surface area contributed by atoms with Gasteiger partial charge in [-0.25, -0.2) is 4.79 Å². The van der Waals surface area contributed by atoms with E-state index in [1.807, 2.05) is 55.5 Å². The number of carbonyl (C=O) groups is 4. The number of unbranched alkanes of at least 4 members (excludes halogenated alkanes) is 1. The monoisotopic (exact) mass is 705 g/mol. The van der Waals surface area contributed by atoms with Crippen molar-refractivity contribution in [2.75, 3.05) is 33.5 Å². The SMILES string of the molecule is CCC(C)(CC(C)(CC(CC(C)(C)C(=O)ON=Cc1c2ccccc2cc2ccccc12)C(=O)OCCCCO)C(=O)OCC1CO1)C(=O)OC. The Labute approximate surface area is 299 Å². The average molecular weight is 706 g/mol. The molecule has 0 bridgehead atoms. The highest BCUT2D eigenvalue weighted by atomic mass is 16.7. The number of esters is 3. The lowest BCUT2D eigenvalue weighted by Gasteiger charge is -2.38. The normalized spacial score (nSPS) is 17.4. The lowest BCUT2D eigenvalue weighted by Crippen LogP contribution is -2.43. The molecule has 4 unspecified atom stereocenters. The zero-order valence-electron chi connectivity index (χ0n) is 30.6. The predicted molar refractivity (Wildman–Crippen MR) is 193 cm³/mol. The molecule has 276 valence electrons. The number of oxime groups is 1. The van der Waals surface area contributed by atoms with Gasteiger partial charge in [-0.1, -0.05) is 60.6 Å². The molecule has 3 aromatic carbocycles. The van der Waals surface area contributed by atoms with Crippen molar-refractivity contribution in [2.45, 2.75) is 79.2 Å². The highest BCUT2D eigenvalue weighted by molar-refractivity contribution is 6.13. The Kier molecular flexibility index (Phi) is 13.3. The Morgan fingerprint density at radius 1 is 0.902 bits per heavy atom. The Balaban J connectivity index is 1.60. The second-order valence-corrected chi connectivity index (χ2v) is 14.6. The number of aliphatic hydroxyl groups excluding tert-OH is 1. The van der Waals surface area contributed by atoms with E-state index in [-0.39, 0.29) is 45.2 Å². The van der Waals surface area contributed by atoms with E-state index in [9.17, 15) is 24.3 Å². The molecule has 0 radical (unpaired) electrons.